The summed E-state index contributed by atoms with van der Waals surface area (Å²) in [5.41, 5.74) is 5.65. The van der Waals surface area contributed by atoms with Gasteiger partial charge in [0.1, 0.15) is 17.3 Å². The summed E-state index contributed by atoms with van der Waals surface area (Å²) in [5.74, 6) is 1.87. The monoisotopic (exact) mass is 296 g/mol. The van der Waals surface area contributed by atoms with Gasteiger partial charge in [0.05, 0.1) is 14.2 Å². The number of hydrogen-bond acceptors (Lipinski definition) is 3. The Labute approximate surface area is 130 Å². The summed E-state index contributed by atoms with van der Waals surface area (Å²) in [4.78, 5) is 11.9. The Bertz CT molecular complexity index is 732. The summed E-state index contributed by atoms with van der Waals surface area (Å²) in [5, 5.41) is 0. The lowest BCUT2D eigenvalue weighted by atomic mass is 9.84. The molecule has 3 nitrogen and oxygen atoms in total. The van der Waals surface area contributed by atoms with Gasteiger partial charge in [-0.2, -0.15) is 0 Å². The van der Waals surface area contributed by atoms with E-state index in [4.69, 9.17) is 9.47 Å². The number of ketones is 1. The number of carbonyl (C=O) groups excluding carboxylic acids is 1. The molecule has 1 aliphatic carbocycles. The minimum Gasteiger partial charge on any atom is -0.497 e. The first-order chi connectivity index (χ1) is 10.6. The molecule has 2 aromatic rings. The van der Waals surface area contributed by atoms with Crippen molar-refractivity contribution in [2.24, 2.45) is 0 Å². The Morgan fingerprint density at radius 1 is 1.05 bits per heavy atom. The molecule has 3 heteroatoms. The maximum absolute atomic E-state index is 11.9. The highest BCUT2D eigenvalue weighted by atomic mass is 16.5. The van der Waals surface area contributed by atoms with Crippen molar-refractivity contribution in [3.63, 3.8) is 0 Å². The molecule has 0 amide bonds. The maximum atomic E-state index is 11.9. The molecular formula is C19H20O3. The highest BCUT2D eigenvalue weighted by Crippen LogP contribution is 2.40. The first kappa shape index (κ1) is 14.6. The van der Waals surface area contributed by atoms with Crippen LogP contribution in [0.2, 0.25) is 0 Å². The van der Waals surface area contributed by atoms with Crippen LogP contribution < -0.4 is 9.47 Å². The molecule has 0 aliphatic heterocycles. The van der Waals surface area contributed by atoms with E-state index in [0.29, 0.717) is 18.6 Å². The van der Waals surface area contributed by atoms with Crippen LogP contribution in [0.5, 0.6) is 11.5 Å². The van der Waals surface area contributed by atoms with Crippen LogP contribution in [0, 0.1) is 6.92 Å². The van der Waals surface area contributed by atoms with Crippen LogP contribution in [0.1, 0.15) is 23.1 Å². The van der Waals surface area contributed by atoms with Crippen molar-refractivity contribution in [2.45, 2.75) is 26.2 Å². The fraction of sp³-hybridized carbons (Fsp3) is 0.316. The number of aryl methyl sites for hydroxylation is 2. The second-order valence-corrected chi connectivity index (χ2v) is 5.68. The Morgan fingerprint density at radius 3 is 2.59 bits per heavy atom. The predicted octanol–water partition coefficient (Wildman–Crippen LogP) is 3.74. The van der Waals surface area contributed by atoms with Gasteiger partial charge >= 0.3 is 0 Å². The van der Waals surface area contributed by atoms with Gasteiger partial charge in [0.2, 0.25) is 0 Å². The van der Waals surface area contributed by atoms with Crippen LogP contribution in [0.4, 0.5) is 0 Å². The molecule has 0 fully saturated rings. The van der Waals surface area contributed by atoms with Crippen LogP contribution in [0.25, 0.3) is 11.1 Å². The normalized spacial score (nSPS) is 13.7. The maximum Gasteiger partial charge on any atom is 0.137 e. The largest absolute Gasteiger partial charge is 0.497 e. The van der Waals surface area contributed by atoms with Gasteiger partial charge in [-0.15, -0.1) is 0 Å². The van der Waals surface area contributed by atoms with Crippen LogP contribution in [0.15, 0.2) is 30.3 Å². The molecule has 2 aromatic carbocycles. The van der Waals surface area contributed by atoms with Gasteiger partial charge in [-0.1, -0.05) is 18.2 Å². The summed E-state index contributed by atoms with van der Waals surface area (Å²) in [6.07, 6.45) is 1.99. The fourth-order valence-electron chi connectivity index (χ4n) is 3.22. The van der Waals surface area contributed by atoms with Gasteiger partial charge in [-0.05, 0) is 41.7 Å². The number of hydrogen-bond donors (Lipinski definition) is 0. The van der Waals surface area contributed by atoms with Crippen LogP contribution in [-0.2, 0) is 17.6 Å². The standard InChI is InChI=1S/C19H20O3/c1-12-9-15(21-2)11-18(22-3)19(12)16-6-4-5-13-7-8-14(20)10-17(13)16/h4-6,9,11H,7-8,10H2,1-3H3. The molecular weight excluding hydrogens is 276 g/mol. The van der Waals surface area contributed by atoms with Crippen molar-refractivity contribution in [3.8, 4) is 22.6 Å². The molecule has 0 unspecified atom stereocenters. The smallest absolute Gasteiger partial charge is 0.137 e. The summed E-state index contributed by atoms with van der Waals surface area (Å²) < 4.78 is 10.9. The lowest BCUT2D eigenvalue weighted by Gasteiger charge is -2.21. The predicted molar refractivity (Wildman–Crippen MR) is 86.8 cm³/mol. The Balaban J connectivity index is 2.22. The van der Waals surface area contributed by atoms with E-state index < -0.39 is 0 Å². The van der Waals surface area contributed by atoms with Gasteiger partial charge < -0.3 is 9.47 Å². The summed E-state index contributed by atoms with van der Waals surface area (Å²) in [6, 6.07) is 10.2. The molecule has 1 aliphatic rings. The number of carbonyl (C=O) groups is 1. The molecule has 0 saturated carbocycles. The fourth-order valence-corrected chi connectivity index (χ4v) is 3.22. The number of Topliss-reactive ketones (excluding diaryl/α,β-unsaturated/α-hetero) is 1. The van der Waals surface area contributed by atoms with Crippen LogP contribution in [-0.4, -0.2) is 20.0 Å². The lowest BCUT2D eigenvalue weighted by Crippen LogP contribution is -2.14. The average Bonchev–Trinajstić information content (AvgIpc) is 2.53. The van der Waals surface area contributed by atoms with Crippen molar-refractivity contribution in [3.05, 3.63) is 47.0 Å². The van der Waals surface area contributed by atoms with Crippen molar-refractivity contribution in [2.75, 3.05) is 14.2 Å². The van der Waals surface area contributed by atoms with Gasteiger partial charge in [0.25, 0.3) is 0 Å². The van der Waals surface area contributed by atoms with Gasteiger partial charge in [0, 0.05) is 24.5 Å². The van der Waals surface area contributed by atoms with Gasteiger partial charge in [-0.3, -0.25) is 4.79 Å². The number of fused-ring (bicyclic) bond motifs is 1. The summed E-state index contributed by atoms with van der Waals surface area (Å²) >= 11 is 0. The van der Waals surface area contributed by atoms with E-state index in [1.807, 2.05) is 19.1 Å². The van der Waals surface area contributed by atoms with Gasteiger partial charge in [-0.25, -0.2) is 0 Å². The first-order valence-electron chi connectivity index (χ1n) is 7.49. The van der Waals surface area contributed by atoms with E-state index in [0.717, 1.165) is 40.2 Å². The van der Waals surface area contributed by atoms with Crippen LogP contribution in [0.3, 0.4) is 0 Å². The molecule has 0 heterocycles. The van der Waals surface area contributed by atoms with E-state index in [1.165, 1.54) is 5.56 Å². The molecule has 0 bridgehead atoms. The SMILES string of the molecule is COc1cc(C)c(-c2cccc3c2CC(=O)CC3)c(OC)c1. The second-order valence-electron chi connectivity index (χ2n) is 5.68. The Kier molecular flexibility index (Phi) is 3.88. The molecule has 22 heavy (non-hydrogen) atoms. The number of rotatable bonds is 3. The van der Waals surface area contributed by atoms with Gasteiger partial charge in [0.15, 0.2) is 0 Å². The zero-order valence-electron chi connectivity index (χ0n) is 13.2. The third kappa shape index (κ3) is 2.47. The Hall–Kier alpha value is -2.29. The van der Waals surface area contributed by atoms with Crippen molar-refractivity contribution < 1.29 is 14.3 Å². The number of ether oxygens (including phenoxy) is 2. The third-order valence-corrected chi connectivity index (χ3v) is 4.32. The quantitative estimate of drug-likeness (QED) is 0.865. The topological polar surface area (TPSA) is 35.5 Å². The van der Waals surface area contributed by atoms with E-state index in [1.54, 1.807) is 14.2 Å². The molecule has 0 radical (unpaired) electrons. The Morgan fingerprint density at radius 2 is 1.86 bits per heavy atom. The average molecular weight is 296 g/mol. The summed E-state index contributed by atoms with van der Waals surface area (Å²) in [6.45, 7) is 2.05. The molecule has 0 spiro atoms. The lowest BCUT2D eigenvalue weighted by molar-refractivity contribution is -0.118. The second kappa shape index (κ2) is 5.84. The van der Waals surface area contributed by atoms with Crippen LogP contribution >= 0.6 is 0 Å². The highest BCUT2D eigenvalue weighted by molar-refractivity contribution is 5.88. The zero-order valence-corrected chi connectivity index (χ0v) is 13.2. The molecule has 114 valence electrons. The first-order valence-corrected chi connectivity index (χ1v) is 7.49. The minimum atomic E-state index is 0.310. The highest BCUT2D eigenvalue weighted by Gasteiger charge is 2.22. The molecule has 0 N–H and O–H groups in total. The van der Waals surface area contributed by atoms with Crippen molar-refractivity contribution >= 4 is 5.78 Å². The molecule has 0 saturated heterocycles. The minimum absolute atomic E-state index is 0.310. The van der Waals surface area contributed by atoms with Crippen molar-refractivity contribution in [1.82, 2.24) is 0 Å². The van der Waals surface area contributed by atoms with Crippen molar-refractivity contribution in [1.29, 1.82) is 0 Å². The summed E-state index contributed by atoms with van der Waals surface area (Å²) in [7, 11) is 3.31. The van der Waals surface area contributed by atoms with E-state index >= 15 is 0 Å². The number of methoxy groups -OCH3 is 2. The van der Waals surface area contributed by atoms with E-state index in [2.05, 4.69) is 18.2 Å². The zero-order chi connectivity index (χ0) is 15.7. The van der Waals surface area contributed by atoms with E-state index in [-0.39, 0.29) is 0 Å². The number of benzene rings is 2. The third-order valence-electron chi connectivity index (χ3n) is 4.32. The van der Waals surface area contributed by atoms with E-state index in [9.17, 15) is 4.79 Å². The molecule has 3 rings (SSSR count). The molecule has 0 aromatic heterocycles. The molecule has 0 atom stereocenters.